The second kappa shape index (κ2) is 5.04. The van der Waals surface area contributed by atoms with E-state index in [9.17, 15) is 4.79 Å². The van der Waals surface area contributed by atoms with E-state index in [0.29, 0.717) is 6.54 Å². The number of aromatic nitrogens is 1. The highest BCUT2D eigenvalue weighted by Crippen LogP contribution is 2.06. The lowest BCUT2D eigenvalue weighted by atomic mass is 10.3. The van der Waals surface area contributed by atoms with Gasteiger partial charge >= 0.3 is 5.97 Å². The molecule has 0 aliphatic carbocycles. The quantitative estimate of drug-likeness (QED) is 0.641. The first kappa shape index (κ1) is 11.1. The summed E-state index contributed by atoms with van der Waals surface area (Å²) < 4.78 is 0. The number of thiazole rings is 1. The second-order valence-electron chi connectivity index (χ2n) is 2.93. The van der Waals surface area contributed by atoms with Crippen LogP contribution < -0.4 is 11.1 Å². The number of nitrogens with two attached hydrogens (primary N) is 1. The Kier molecular flexibility index (Phi) is 3.99. The lowest BCUT2D eigenvalue weighted by Gasteiger charge is -2.06. The molecule has 0 saturated heterocycles. The van der Waals surface area contributed by atoms with E-state index >= 15 is 0 Å². The highest BCUT2D eigenvalue weighted by atomic mass is 32.1. The van der Waals surface area contributed by atoms with Gasteiger partial charge in [0.25, 0.3) is 0 Å². The minimum Gasteiger partial charge on any atom is -0.480 e. The minimum absolute atomic E-state index is 0.256. The highest BCUT2D eigenvalue weighted by molar-refractivity contribution is 7.09. The monoisotopic (exact) mass is 215 g/mol. The van der Waals surface area contributed by atoms with E-state index in [1.54, 1.807) is 11.3 Å². The Morgan fingerprint density at radius 2 is 2.57 bits per heavy atom. The van der Waals surface area contributed by atoms with Crippen molar-refractivity contribution >= 4 is 17.3 Å². The normalized spacial score (nSPS) is 12.7. The number of hydrogen-bond donors (Lipinski definition) is 3. The third-order valence-electron chi connectivity index (χ3n) is 1.65. The molecular weight excluding hydrogens is 202 g/mol. The number of hydrogen-bond acceptors (Lipinski definition) is 5. The van der Waals surface area contributed by atoms with Gasteiger partial charge in [0, 0.05) is 18.5 Å². The van der Waals surface area contributed by atoms with E-state index in [1.165, 1.54) is 0 Å². The smallest absolute Gasteiger partial charge is 0.321 e. The van der Waals surface area contributed by atoms with Crippen LogP contribution in [0.4, 0.5) is 0 Å². The van der Waals surface area contributed by atoms with Gasteiger partial charge in [-0.05, 0) is 6.92 Å². The van der Waals surface area contributed by atoms with Gasteiger partial charge < -0.3 is 16.2 Å². The first-order chi connectivity index (χ1) is 6.59. The number of carbonyl (C=O) groups is 1. The molecule has 0 spiro atoms. The van der Waals surface area contributed by atoms with Crippen molar-refractivity contribution in [2.45, 2.75) is 19.5 Å². The fraction of sp³-hybridized carbons (Fsp3) is 0.500. The molecule has 0 fully saturated rings. The topological polar surface area (TPSA) is 88.2 Å². The zero-order chi connectivity index (χ0) is 10.6. The first-order valence-electron chi connectivity index (χ1n) is 4.19. The van der Waals surface area contributed by atoms with Gasteiger partial charge in [-0.1, -0.05) is 0 Å². The van der Waals surface area contributed by atoms with Crippen molar-refractivity contribution < 1.29 is 9.90 Å². The molecule has 1 unspecified atom stereocenters. The van der Waals surface area contributed by atoms with Gasteiger partial charge in [0.2, 0.25) is 0 Å². The molecule has 6 heteroatoms. The maximum atomic E-state index is 10.4. The molecule has 1 atom stereocenters. The Balaban J connectivity index is 2.25. The molecule has 1 aromatic heterocycles. The summed E-state index contributed by atoms with van der Waals surface area (Å²) in [5, 5.41) is 14.4. The Hall–Kier alpha value is -0.980. The molecule has 0 radical (unpaired) electrons. The van der Waals surface area contributed by atoms with Crippen molar-refractivity contribution in [3.8, 4) is 0 Å². The van der Waals surface area contributed by atoms with Crippen LogP contribution in [-0.2, 0) is 11.3 Å². The van der Waals surface area contributed by atoms with E-state index in [-0.39, 0.29) is 6.54 Å². The molecular formula is C8H13N3O2S. The predicted molar refractivity (Wildman–Crippen MR) is 54.2 cm³/mol. The van der Waals surface area contributed by atoms with Crippen LogP contribution in [0.2, 0.25) is 0 Å². The Bertz CT molecular complexity index is 313. The van der Waals surface area contributed by atoms with E-state index in [1.807, 2.05) is 12.3 Å². The number of carboxylic acid groups (broad SMARTS) is 1. The SMILES string of the molecule is Cc1nc(CNCC(N)C(=O)O)cs1. The molecule has 0 aliphatic rings. The molecule has 5 nitrogen and oxygen atoms in total. The van der Waals surface area contributed by atoms with E-state index in [4.69, 9.17) is 10.8 Å². The van der Waals surface area contributed by atoms with Crippen molar-refractivity contribution in [2.24, 2.45) is 5.73 Å². The van der Waals surface area contributed by atoms with E-state index in [0.717, 1.165) is 10.7 Å². The number of carboxylic acids is 1. The molecule has 0 amide bonds. The average molecular weight is 215 g/mol. The van der Waals surface area contributed by atoms with Gasteiger partial charge in [0.1, 0.15) is 6.04 Å². The van der Waals surface area contributed by atoms with Gasteiger partial charge in [-0.15, -0.1) is 11.3 Å². The largest absolute Gasteiger partial charge is 0.480 e. The number of aryl methyl sites for hydroxylation is 1. The Labute approximate surface area is 86.0 Å². The van der Waals surface area contributed by atoms with Crippen LogP contribution in [0.25, 0.3) is 0 Å². The van der Waals surface area contributed by atoms with Crippen molar-refractivity contribution in [3.05, 3.63) is 16.1 Å². The van der Waals surface area contributed by atoms with E-state index in [2.05, 4.69) is 10.3 Å². The van der Waals surface area contributed by atoms with Gasteiger partial charge in [0.15, 0.2) is 0 Å². The maximum absolute atomic E-state index is 10.4. The van der Waals surface area contributed by atoms with Gasteiger partial charge in [-0.3, -0.25) is 4.79 Å². The molecule has 0 aromatic carbocycles. The Morgan fingerprint density at radius 3 is 3.07 bits per heavy atom. The molecule has 1 rings (SSSR count). The van der Waals surface area contributed by atoms with Crippen LogP contribution in [0.1, 0.15) is 10.7 Å². The molecule has 0 bridgehead atoms. The van der Waals surface area contributed by atoms with Crippen LogP contribution in [0.3, 0.4) is 0 Å². The third kappa shape index (κ3) is 3.41. The number of rotatable bonds is 5. The summed E-state index contributed by atoms with van der Waals surface area (Å²) in [6, 6.07) is -0.852. The Morgan fingerprint density at radius 1 is 1.86 bits per heavy atom. The zero-order valence-electron chi connectivity index (χ0n) is 7.86. The summed E-state index contributed by atoms with van der Waals surface area (Å²) in [5.41, 5.74) is 6.23. The summed E-state index contributed by atoms with van der Waals surface area (Å²) in [6.45, 7) is 2.74. The third-order valence-corrected chi connectivity index (χ3v) is 2.48. The average Bonchev–Trinajstić information content (AvgIpc) is 2.51. The van der Waals surface area contributed by atoms with Gasteiger partial charge in [0.05, 0.1) is 10.7 Å². The van der Waals surface area contributed by atoms with Crippen molar-refractivity contribution in [3.63, 3.8) is 0 Å². The number of nitrogens with one attached hydrogen (secondary N) is 1. The molecule has 0 aliphatic heterocycles. The van der Waals surface area contributed by atoms with Gasteiger partial charge in [-0.2, -0.15) is 0 Å². The number of nitrogens with zero attached hydrogens (tertiary/aromatic N) is 1. The fourth-order valence-corrected chi connectivity index (χ4v) is 1.55. The first-order valence-corrected chi connectivity index (χ1v) is 5.07. The summed E-state index contributed by atoms with van der Waals surface area (Å²) in [6.07, 6.45) is 0. The molecule has 4 N–H and O–H groups in total. The number of aliphatic carboxylic acids is 1. The molecule has 1 heterocycles. The van der Waals surface area contributed by atoms with Crippen LogP contribution in [0.15, 0.2) is 5.38 Å². The summed E-state index contributed by atoms with van der Waals surface area (Å²) in [5.74, 6) is -0.994. The fourth-order valence-electron chi connectivity index (χ4n) is 0.932. The van der Waals surface area contributed by atoms with Crippen LogP contribution in [0.5, 0.6) is 0 Å². The molecule has 1 aromatic rings. The maximum Gasteiger partial charge on any atom is 0.321 e. The summed E-state index contributed by atoms with van der Waals surface area (Å²) in [4.78, 5) is 14.6. The van der Waals surface area contributed by atoms with Crippen molar-refractivity contribution in [1.29, 1.82) is 0 Å². The lowest BCUT2D eigenvalue weighted by molar-refractivity contribution is -0.138. The zero-order valence-corrected chi connectivity index (χ0v) is 8.67. The van der Waals surface area contributed by atoms with Crippen LogP contribution >= 0.6 is 11.3 Å². The van der Waals surface area contributed by atoms with Crippen LogP contribution in [-0.4, -0.2) is 28.6 Å². The molecule has 78 valence electrons. The predicted octanol–water partition coefficient (Wildman–Crippen LogP) is -0.0470. The second-order valence-corrected chi connectivity index (χ2v) is 4.00. The van der Waals surface area contributed by atoms with E-state index < -0.39 is 12.0 Å². The lowest BCUT2D eigenvalue weighted by Crippen LogP contribution is -2.40. The highest BCUT2D eigenvalue weighted by Gasteiger charge is 2.10. The van der Waals surface area contributed by atoms with Crippen LogP contribution in [0, 0.1) is 6.92 Å². The van der Waals surface area contributed by atoms with Crippen molar-refractivity contribution in [1.82, 2.24) is 10.3 Å². The minimum atomic E-state index is -0.994. The summed E-state index contributed by atoms with van der Waals surface area (Å²) >= 11 is 1.57. The molecule has 0 saturated carbocycles. The summed E-state index contributed by atoms with van der Waals surface area (Å²) in [7, 11) is 0. The van der Waals surface area contributed by atoms with Gasteiger partial charge in [-0.25, -0.2) is 4.98 Å². The molecule has 14 heavy (non-hydrogen) atoms. The standard InChI is InChI=1S/C8H13N3O2S/c1-5-11-6(4-14-5)2-10-3-7(9)8(12)13/h4,7,10H,2-3,9H2,1H3,(H,12,13). The van der Waals surface area contributed by atoms with Crippen molar-refractivity contribution in [2.75, 3.05) is 6.54 Å².